The molecule has 0 amide bonds. The number of hydrogen-bond acceptors (Lipinski definition) is 6. The van der Waals surface area contributed by atoms with Crippen LogP contribution >= 0.6 is 11.3 Å². The molecule has 3 aromatic rings. The number of halogens is 2. The van der Waals surface area contributed by atoms with Crippen LogP contribution in [0.2, 0.25) is 0 Å². The maximum Gasteiger partial charge on any atom is 0.269 e. The molecule has 1 N–H and O–H groups in total. The van der Waals surface area contributed by atoms with Gasteiger partial charge in [0, 0.05) is 23.1 Å². The molecule has 0 unspecified atom stereocenters. The van der Waals surface area contributed by atoms with Gasteiger partial charge in [0.1, 0.15) is 0 Å². The van der Waals surface area contributed by atoms with Crippen molar-refractivity contribution in [2.24, 2.45) is 0 Å². The molecular formula is C15H9F2N3O4S2. The second-order valence-electron chi connectivity index (χ2n) is 5.02. The smallest absolute Gasteiger partial charge is 0.258 e. The Morgan fingerprint density at radius 1 is 1.08 bits per heavy atom. The molecule has 134 valence electrons. The summed E-state index contributed by atoms with van der Waals surface area (Å²) in [6, 6.07) is 7.58. The Morgan fingerprint density at radius 2 is 1.77 bits per heavy atom. The Morgan fingerprint density at radius 3 is 2.38 bits per heavy atom. The third-order valence-corrected chi connectivity index (χ3v) is 5.54. The van der Waals surface area contributed by atoms with Gasteiger partial charge in [-0.05, 0) is 30.3 Å². The molecule has 0 saturated heterocycles. The minimum atomic E-state index is -4.00. The lowest BCUT2D eigenvalue weighted by molar-refractivity contribution is -0.384. The molecular weight excluding hydrogens is 388 g/mol. The summed E-state index contributed by atoms with van der Waals surface area (Å²) in [4.78, 5) is 13.8. The summed E-state index contributed by atoms with van der Waals surface area (Å²) in [5.74, 6) is -2.04. The first kappa shape index (κ1) is 17.9. The largest absolute Gasteiger partial charge is 0.269 e. The fourth-order valence-electron chi connectivity index (χ4n) is 2.03. The molecule has 0 atom stereocenters. The zero-order valence-electron chi connectivity index (χ0n) is 12.7. The Labute approximate surface area is 150 Å². The van der Waals surface area contributed by atoms with Gasteiger partial charge in [-0.15, -0.1) is 11.3 Å². The van der Waals surface area contributed by atoms with E-state index in [4.69, 9.17) is 0 Å². The van der Waals surface area contributed by atoms with Crippen LogP contribution < -0.4 is 4.72 Å². The van der Waals surface area contributed by atoms with E-state index in [1.165, 1.54) is 11.4 Å². The molecule has 11 heteroatoms. The monoisotopic (exact) mass is 397 g/mol. The molecule has 0 aliphatic rings. The molecule has 0 aliphatic heterocycles. The Hall–Kier alpha value is -2.92. The van der Waals surface area contributed by atoms with Gasteiger partial charge in [0.25, 0.3) is 15.7 Å². The standard InChI is InChI=1S/C15H9F2N3O4S2/c16-12-6-1-9(7-13(12)17)14-8-25-15(18-14)19-26(23,24)11-4-2-10(3-5-11)20(21)22/h1-8H,(H,18,19). The van der Waals surface area contributed by atoms with Gasteiger partial charge in [0.15, 0.2) is 16.8 Å². The number of sulfonamides is 1. The van der Waals surface area contributed by atoms with Gasteiger partial charge < -0.3 is 0 Å². The number of aromatic nitrogens is 1. The molecule has 26 heavy (non-hydrogen) atoms. The molecule has 0 aliphatic carbocycles. The van der Waals surface area contributed by atoms with Crippen LogP contribution in [0.25, 0.3) is 11.3 Å². The highest BCUT2D eigenvalue weighted by molar-refractivity contribution is 7.93. The van der Waals surface area contributed by atoms with Gasteiger partial charge in [-0.2, -0.15) is 0 Å². The van der Waals surface area contributed by atoms with Crippen LogP contribution in [0.15, 0.2) is 52.7 Å². The van der Waals surface area contributed by atoms with E-state index in [2.05, 4.69) is 9.71 Å². The van der Waals surface area contributed by atoms with Gasteiger partial charge in [0.2, 0.25) is 0 Å². The summed E-state index contributed by atoms with van der Waals surface area (Å²) in [5, 5.41) is 12.1. The molecule has 0 spiro atoms. The second kappa shape index (κ2) is 6.77. The van der Waals surface area contributed by atoms with Crippen molar-refractivity contribution in [3.8, 4) is 11.3 Å². The summed E-state index contributed by atoms with van der Waals surface area (Å²) in [6.45, 7) is 0. The lowest BCUT2D eigenvalue weighted by Crippen LogP contribution is -2.12. The molecule has 3 rings (SSSR count). The molecule has 1 heterocycles. The minimum absolute atomic E-state index is 0.0167. The van der Waals surface area contributed by atoms with Crippen LogP contribution in [0.3, 0.4) is 0 Å². The highest BCUT2D eigenvalue weighted by Crippen LogP contribution is 2.28. The number of nitro benzene ring substituents is 1. The first-order chi connectivity index (χ1) is 12.3. The topological polar surface area (TPSA) is 102 Å². The molecule has 0 saturated carbocycles. The van der Waals surface area contributed by atoms with Crippen LogP contribution in [0, 0.1) is 21.7 Å². The van der Waals surface area contributed by atoms with E-state index in [-0.39, 0.29) is 21.4 Å². The Balaban J connectivity index is 1.83. The fourth-order valence-corrected chi connectivity index (χ4v) is 4.00. The third kappa shape index (κ3) is 3.68. The van der Waals surface area contributed by atoms with Gasteiger partial charge in [-0.3, -0.25) is 14.8 Å². The number of nitrogens with zero attached hydrogens (tertiary/aromatic N) is 2. The van der Waals surface area contributed by atoms with E-state index < -0.39 is 26.6 Å². The number of rotatable bonds is 5. The number of anilines is 1. The number of benzene rings is 2. The maximum atomic E-state index is 13.3. The van der Waals surface area contributed by atoms with Crippen molar-refractivity contribution in [1.29, 1.82) is 0 Å². The van der Waals surface area contributed by atoms with Gasteiger partial charge in [0.05, 0.1) is 15.5 Å². The van der Waals surface area contributed by atoms with Crippen molar-refractivity contribution in [1.82, 2.24) is 4.98 Å². The first-order valence-electron chi connectivity index (χ1n) is 6.94. The van der Waals surface area contributed by atoms with Gasteiger partial charge in [-0.1, -0.05) is 0 Å². The SMILES string of the molecule is O=[N+]([O-])c1ccc(S(=O)(=O)Nc2nc(-c3ccc(F)c(F)c3)cs2)cc1. The van der Waals surface area contributed by atoms with Crippen LogP contribution in [0.1, 0.15) is 0 Å². The number of nitrogens with one attached hydrogen (secondary N) is 1. The molecule has 7 nitrogen and oxygen atoms in total. The van der Waals surface area contributed by atoms with Crippen LogP contribution in [0.5, 0.6) is 0 Å². The predicted octanol–water partition coefficient (Wildman–Crippen LogP) is 3.80. The molecule has 0 radical (unpaired) electrons. The van der Waals surface area contributed by atoms with E-state index in [1.807, 2.05) is 0 Å². The normalized spacial score (nSPS) is 11.3. The zero-order chi connectivity index (χ0) is 18.9. The average Bonchev–Trinajstić information content (AvgIpc) is 3.05. The van der Waals surface area contributed by atoms with Crippen molar-refractivity contribution in [3.63, 3.8) is 0 Å². The second-order valence-corrected chi connectivity index (χ2v) is 7.56. The summed E-state index contributed by atoms with van der Waals surface area (Å²) >= 11 is 0.958. The van der Waals surface area contributed by atoms with Crippen molar-refractivity contribution >= 4 is 32.2 Å². The molecule has 1 aromatic heterocycles. The zero-order valence-corrected chi connectivity index (χ0v) is 14.4. The number of thiazole rings is 1. The average molecular weight is 397 g/mol. The predicted molar refractivity (Wildman–Crippen MR) is 91.4 cm³/mol. The lowest BCUT2D eigenvalue weighted by Gasteiger charge is -2.04. The van der Waals surface area contributed by atoms with Crippen LogP contribution in [-0.2, 0) is 10.0 Å². The lowest BCUT2D eigenvalue weighted by atomic mass is 10.2. The highest BCUT2D eigenvalue weighted by atomic mass is 32.2. The van der Waals surface area contributed by atoms with E-state index in [1.54, 1.807) is 0 Å². The summed E-state index contributed by atoms with van der Waals surface area (Å²) in [5.41, 5.74) is 0.329. The van der Waals surface area contributed by atoms with Gasteiger partial charge in [-0.25, -0.2) is 22.2 Å². The quantitative estimate of drug-likeness (QED) is 0.521. The van der Waals surface area contributed by atoms with Crippen molar-refractivity contribution in [2.45, 2.75) is 4.90 Å². The highest BCUT2D eigenvalue weighted by Gasteiger charge is 2.18. The van der Waals surface area contributed by atoms with Crippen LogP contribution in [0.4, 0.5) is 19.6 Å². The fraction of sp³-hybridized carbons (Fsp3) is 0. The Bertz CT molecular complexity index is 1080. The maximum absolute atomic E-state index is 13.3. The Kier molecular flexibility index (Phi) is 4.66. The number of non-ortho nitro benzene ring substituents is 1. The van der Waals surface area contributed by atoms with Crippen molar-refractivity contribution in [3.05, 3.63) is 69.6 Å². The molecule has 2 aromatic carbocycles. The summed E-state index contributed by atoms with van der Waals surface area (Å²) in [6.07, 6.45) is 0. The molecule has 0 fully saturated rings. The molecule has 0 bridgehead atoms. The van der Waals surface area contributed by atoms with E-state index >= 15 is 0 Å². The first-order valence-corrected chi connectivity index (χ1v) is 9.31. The van der Waals surface area contributed by atoms with Crippen LogP contribution in [-0.4, -0.2) is 18.3 Å². The van der Waals surface area contributed by atoms with Crippen molar-refractivity contribution < 1.29 is 22.1 Å². The van der Waals surface area contributed by atoms with E-state index in [0.29, 0.717) is 5.56 Å². The van der Waals surface area contributed by atoms with Gasteiger partial charge >= 0.3 is 0 Å². The number of hydrogen-bond donors (Lipinski definition) is 1. The van der Waals surface area contributed by atoms with E-state index in [9.17, 15) is 27.3 Å². The van der Waals surface area contributed by atoms with E-state index in [0.717, 1.165) is 47.7 Å². The van der Waals surface area contributed by atoms with Crippen molar-refractivity contribution in [2.75, 3.05) is 4.72 Å². The number of nitro groups is 1. The summed E-state index contributed by atoms with van der Waals surface area (Å²) < 4.78 is 53.1. The third-order valence-electron chi connectivity index (χ3n) is 3.30. The minimum Gasteiger partial charge on any atom is -0.258 e. The summed E-state index contributed by atoms with van der Waals surface area (Å²) in [7, 11) is -4.00.